The van der Waals surface area contributed by atoms with Crippen molar-refractivity contribution in [3.8, 4) is 11.3 Å². The number of carbonyl (C=O) groups excluding carboxylic acids is 1. The minimum atomic E-state index is -3.51. The lowest BCUT2D eigenvalue weighted by atomic mass is 10.2. The van der Waals surface area contributed by atoms with Crippen LogP contribution in [-0.4, -0.2) is 49.1 Å². The minimum absolute atomic E-state index is 0.144. The molecule has 3 aromatic rings. The molecule has 1 N–H and O–H groups in total. The number of nitrogens with one attached hydrogen (secondary N) is 1. The van der Waals surface area contributed by atoms with Crippen molar-refractivity contribution >= 4 is 15.9 Å². The van der Waals surface area contributed by atoms with E-state index in [9.17, 15) is 13.2 Å². The number of amides is 1. The van der Waals surface area contributed by atoms with E-state index >= 15 is 0 Å². The Morgan fingerprint density at radius 3 is 2.59 bits per heavy atom. The minimum Gasteiger partial charge on any atom is -0.464 e. The number of hydrogen-bond acceptors (Lipinski definition) is 5. The fraction of sp³-hybridized carbons (Fsp3) is 0.222. The molecule has 0 bridgehead atoms. The fourth-order valence-electron chi connectivity index (χ4n) is 2.43. The molecule has 0 atom stereocenters. The van der Waals surface area contributed by atoms with Crippen LogP contribution >= 0.6 is 0 Å². The third kappa shape index (κ3) is 4.26. The zero-order valence-corrected chi connectivity index (χ0v) is 15.8. The molecule has 8 nitrogen and oxygen atoms in total. The molecule has 1 amide bonds. The summed E-state index contributed by atoms with van der Waals surface area (Å²) in [4.78, 5) is 12.4. The molecule has 0 aliphatic rings. The van der Waals surface area contributed by atoms with Gasteiger partial charge in [-0.3, -0.25) is 9.48 Å². The quantitative estimate of drug-likeness (QED) is 0.666. The summed E-state index contributed by atoms with van der Waals surface area (Å²) in [6.07, 6.45) is 5.14. The number of aromatic nitrogens is 2. The van der Waals surface area contributed by atoms with E-state index in [4.69, 9.17) is 4.42 Å². The maximum Gasteiger partial charge on any atom is 0.251 e. The zero-order valence-electron chi connectivity index (χ0n) is 15.0. The summed E-state index contributed by atoms with van der Waals surface area (Å²) in [6, 6.07) is 9.50. The molecule has 1 aromatic carbocycles. The summed E-state index contributed by atoms with van der Waals surface area (Å²) < 4.78 is 32.2. The van der Waals surface area contributed by atoms with Gasteiger partial charge in [-0.1, -0.05) is 0 Å². The average Bonchev–Trinajstić information content (AvgIpc) is 3.33. The van der Waals surface area contributed by atoms with Gasteiger partial charge in [-0.25, -0.2) is 12.7 Å². The first-order chi connectivity index (χ1) is 12.9. The standard InChI is InChI=1S/C18H20N4O4S/c1-21(2)27(24,25)16-7-5-14(6-8-16)18(23)19-9-10-22-13-15(12-20-22)17-4-3-11-26-17/h3-8,11-13H,9-10H2,1-2H3,(H,19,23). The first kappa shape index (κ1) is 18.9. The van der Waals surface area contributed by atoms with Crippen molar-refractivity contribution in [2.24, 2.45) is 0 Å². The van der Waals surface area contributed by atoms with Gasteiger partial charge in [0.25, 0.3) is 5.91 Å². The Morgan fingerprint density at radius 2 is 1.96 bits per heavy atom. The van der Waals surface area contributed by atoms with Crippen molar-refractivity contribution in [2.45, 2.75) is 11.4 Å². The van der Waals surface area contributed by atoms with Crippen LogP contribution in [0.25, 0.3) is 11.3 Å². The van der Waals surface area contributed by atoms with E-state index in [0.29, 0.717) is 18.7 Å². The first-order valence-corrected chi connectivity index (χ1v) is 9.69. The highest BCUT2D eigenvalue weighted by molar-refractivity contribution is 7.89. The Morgan fingerprint density at radius 1 is 1.22 bits per heavy atom. The van der Waals surface area contributed by atoms with Gasteiger partial charge < -0.3 is 9.73 Å². The van der Waals surface area contributed by atoms with Gasteiger partial charge in [-0.2, -0.15) is 5.10 Å². The molecule has 0 fully saturated rings. The van der Waals surface area contributed by atoms with Crippen LogP contribution < -0.4 is 5.32 Å². The topological polar surface area (TPSA) is 97.4 Å². The molecular formula is C18H20N4O4S. The SMILES string of the molecule is CN(C)S(=O)(=O)c1ccc(C(=O)NCCn2cc(-c3ccco3)cn2)cc1. The van der Waals surface area contributed by atoms with Crippen molar-refractivity contribution in [3.05, 3.63) is 60.6 Å². The highest BCUT2D eigenvalue weighted by Gasteiger charge is 2.17. The van der Waals surface area contributed by atoms with Crippen LogP contribution in [0.4, 0.5) is 0 Å². The van der Waals surface area contributed by atoms with Crippen LogP contribution in [-0.2, 0) is 16.6 Å². The fourth-order valence-corrected chi connectivity index (χ4v) is 3.33. The number of rotatable bonds is 7. The first-order valence-electron chi connectivity index (χ1n) is 8.25. The van der Waals surface area contributed by atoms with Crippen LogP contribution in [0.1, 0.15) is 10.4 Å². The van der Waals surface area contributed by atoms with Crippen molar-refractivity contribution in [1.29, 1.82) is 0 Å². The lowest BCUT2D eigenvalue weighted by Gasteiger charge is -2.11. The second-order valence-electron chi connectivity index (χ2n) is 6.04. The van der Waals surface area contributed by atoms with Gasteiger partial charge in [0.15, 0.2) is 0 Å². The van der Waals surface area contributed by atoms with E-state index in [1.54, 1.807) is 17.1 Å². The molecule has 0 spiro atoms. The average molecular weight is 388 g/mol. The number of furan rings is 1. The second kappa shape index (κ2) is 7.77. The third-order valence-electron chi connectivity index (χ3n) is 3.96. The van der Waals surface area contributed by atoms with Gasteiger partial charge in [0.2, 0.25) is 10.0 Å². The van der Waals surface area contributed by atoms with Crippen molar-refractivity contribution < 1.29 is 17.6 Å². The summed E-state index contributed by atoms with van der Waals surface area (Å²) in [7, 11) is -0.585. The molecule has 9 heteroatoms. The van der Waals surface area contributed by atoms with Crippen LogP contribution in [0.5, 0.6) is 0 Å². The monoisotopic (exact) mass is 388 g/mol. The van der Waals surface area contributed by atoms with Crippen molar-refractivity contribution in [1.82, 2.24) is 19.4 Å². The number of benzene rings is 1. The van der Waals surface area contributed by atoms with Gasteiger partial charge in [-0.15, -0.1) is 0 Å². The summed E-state index contributed by atoms with van der Waals surface area (Å²) in [5, 5.41) is 7.02. The Hall–Kier alpha value is -2.91. The van der Waals surface area contributed by atoms with Crippen LogP contribution in [0.2, 0.25) is 0 Å². The maximum atomic E-state index is 12.2. The van der Waals surface area contributed by atoms with Gasteiger partial charge in [-0.05, 0) is 36.4 Å². The van der Waals surface area contributed by atoms with E-state index < -0.39 is 10.0 Å². The largest absolute Gasteiger partial charge is 0.464 e. The molecule has 0 aliphatic heterocycles. The molecule has 2 heterocycles. The molecule has 27 heavy (non-hydrogen) atoms. The molecule has 0 unspecified atom stereocenters. The van der Waals surface area contributed by atoms with E-state index in [1.807, 2.05) is 18.3 Å². The molecule has 0 saturated heterocycles. The smallest absolute Gasteiger partial charge is 0.251 e. The highest BCUT2D eigenvalue weighted by Crippen LogP contribution is 2.18. The van der Waals surface area contributed by atoms with Crippen LogP contribution in [0.15, 0.2) is 64.4 Å². The number of carbonyl (C=O) groups is 1. The number of sulfonamides is 1. The Bertz CT molecular complexity index is 1010. The Balaban J connectivity index is 1.55. The summed E-state index contributed by atoms with van der Waals surface area (Å²) in [5.41, 5.74) is 1.26. The second-order valence-corrected chi connectivity index (χ2v) is 8.19. The van der Waals surface area contributed by atoms with Crippen LogP contribution in [0.3, 0.4) is 0 Å². The lowest BCUT2D eigenvalue weighted by molar-refractivity contribution is 0.0952. The molecule has 142 valence electrons. The summed E-state index contributed by atoms with van der Waals surface area (Å²) in [6.45, 7) is 0.884. The van der Waals surface area contributed by atoms with E-state index in [1.165, 1.54) is 38.4 Å². The maximum absolute atomic E-state index is 12.2. The Labute approximate surface area is 157 Å². The van der Waals surface area contributed by atoms with Crippen molar-refractivity contribution in [2.75, 3.05) is 20.6 Å². The predicted octanol–water partition coefficient (Wildman–Crippen LogP) is 1.82. The zero-order chi connectivity index (χ0) is 19.4. The van der Waals surface area contributed by atoms with Gasteiger partial charge in [0.1, 0.15) is 5.76 Å². The molecule has 0 radical (unpaired) electrons. The number of hydrogen-bond donors (Lipinski definition) is 1. The molecule has 0 aliphatic carbocycles. The Kier molecular flexibility index (Phi) is 5.43. The normalized spacial score (nSPS) is 11.7. The molecule has 2 aromatic heterocycles. The van der Waals surface area contributed by atoms with Crippen molar-refractivity contribution in [3.63, 3.8) is 0 Å². The highest BCUT2D eigenvalue weighted by atomic mass is 32.2. The molecule has 0 saturated carbocycles. The number of nitrogens with zero attached hydrogens (tertiary/aromatic N) is 3. The molecule has 3 rings (SSSR count). The summed E-state index contributed by atoms with van der Waals surface area (Å²) in [5.74, 6) is 0.459. The third-order valence-corrected chi connectivity index (χ3v) is 5.79. The van der Waals surface area contributed by atoms with E-state index in [0.717, 1.165) is 15.6 Å². The van der Waals surface area contributed by atoms with E-state index in [2.05, 4.69) is 10.4 Å². The van der Waals surface area contributed by atoms with E-state index in [-0.39, 0.29) is 10.8 Å². The lowest BCUT2D eigenvalue weighted by Crippen LogP contribution is -2.27. The van der Waals surface area contributed by atoms with Gasteiger partial charge in [0.05, 0.1) is 29.5 Å². The predicted molar refractivity (Wildman–Crippen MR) is 99.6 cm³/mol. The summed E-state index contributed by atoms with van der Waals surface area (Å²) >= 11 is 0. The molecular weight excluding hydrogens is 368 g/mol. The van der Waals surface area contributed by atoms with Gasteiger partial charge in [0, 0.05) is 32.4 Å². The van der Waals surface area contributed by atoms with Crippen LogP contribution in [0, 0.1) is 0 Å². The van der Waals surface area contributed by atoms with Gasteiger partial charge >= 0.3 is 0 Å².